The summed E-state index contributed by atoms with van der Waals surface area (Å²) in [6, 6.07) is 6.36. The van der Waals surface area contributed by atoms with Crippen molar-refractivity contribution >= 4 is 55.7 Å². The van der Waals surface area contributed by atoms with E-state index in [1.54, 1.807) is 0 Å². The van der Waals surface area contributed by atoms with Crippen LogP contribution in [0.15, 0.2) is 27.8 Å². The quantitative estimate of drug-likeness (QED) is 0.610. The van der Waals surface area contributed by atoms with Crippen molar-refractivity contribution in [3.05, 3.63) is 22.7 Å². The third-order valence-electron chi connectivity index (χ3n) is 5.33. The molecule has 2 heterocycles. The Hall–Kier alpha value is -1.67. The molecule has 1 saturated carbocycles. The molecule has 1 aliphatic rings. The van der Waals surface area contributed by atoms with E-state index in [1.807, 2.05) is 29.8 Å². The van der Waals surface area contributed by atoms with Gasteiger partial charge in [0.05, 0.1) is 11.3 Å². The number of carbonyl (C=O) groups is 1. The maximum absolute atomic E-state index is 12.3. The van der Waals surface area contributed by atoms with Crippen LogP contribution in [0, 0.1) is 5.92 Å². The molecule has 0 aliphatic heterocycles. The standard InChI is InChI=1S/C19H22BrN5OS/c1-11-5-3-4-6-14(11)21-16(26)10-27-19-22-18-17(23-24-19)13-9-12(20)7-8-15(13)25(18)2/h7-9,11,14H,3-6,10H2,1-2H3,(H,21,26)/t11-,14-/m0/s1. The second kappa shape index (κ2) is 7.75. The minimum Gasteiger partial charge on any atom is -0.352 e. The molecule has 8 heteroatoms. The Labute approximate surface area is 170 Å². The first-order chi connectivity index (χ1) is 13.0. The highest BCUT2D eigenvalue weighted by Gasteiger charge is 2.23. The number of aryl methyl sites for hydroxylation is 1. The second-order valence-corrected chi connectivity index (χ2v) is 9.07. The lowest BCUT2D eigenvalue weighted by Crippen LogP contribution is -2.41. The molecule has 1 aromatic carbocycles. The van der Waals surface area contributed by atoms with Gasteiger partial charge in [0.15, 0.2) is 5.65 Å². The summed E-state index contributed by atoms with van der Waals surface area (Å²) in [5, 5.41) is 13.3. The van der Waals surface area contributed by atoms with Crippen molar-refractivity contribution in [2.24, 2.45) is 13.0 Å². The Balaban J connectivity index is 1.48. The first kappa shape index (κ1) is 18.7. The average Bonchev–Trinajstić information content (AvgIpc) is 2.93. The zero-order chi connectivity index (χ0) is 19.0. The molecule has 0 radical (unpaired) electrons. The number of nitrogens with one attached hydrogen (secondary N) is 1. The summed E-state index contributed by atoms with van der Waals surface area (Å²) in [6.45, 7) is 2.22. The first-order valence-electron chi connectivity index (χ1n) is 9.23. The molecule has 2 atom stereocenters. The first-order valence-corrected chi connectivity index (χ1v) is 11.0. The van der Waals surface area contributed by atoms with Crippen molar-refractivity contribution in [2.75, 3.05) is 5.75 Å². The van der Waals surface area contributed by atoms with Gasteiger partial charge in [0.2, 0.25) is 11.1 Å². The smallest absolute Gasteiger partial charge is 0.230 e. The van der Waals surface area contributed by atoms with Crippen molar-refractivity contribution in [3.8, 4) is 0 Å². The highest BCUT2D eigenvalue weighted by molar-refractivity contribution is 9.10. The maximum atomic E-state index is 12.3. The predicted octanol–water partition coefficient (Wildman–Crippen LogP) is 4.07. The molecular formula is C19H22BrN5OS. The van der Waals surface area contributed by atoms with Gasteiger partial charge in [-0.3, -0.25) is 4.79 Å². The van der Waals surface area contributed by atoms with Gasteiger partial charge >= 0.3 is 0 Å². The Morgan fingerprint density at radius 3 is 2.96 bits per heavy atom. The number of nitrogens with zero attached hydrogens (tertiary/aromatic N) is 4. The van der Waals surface area contributed by atoms with E-state index >= 15 is 0 Å². The lowest BCUT2D eigenvalue weighted by Gasteiger charge is -2.29. The molecule has 142 valence electrons. The molecule has 27 heavy (non-hydrogen) atoms. The Kier molecular flexibility index (Phi) is 5.36. The van der Waals surface area contributed by atoms with E-state index in [1.165, 1.54) is 31.0 Å². The van der Waals surface area contributed by atoms with Crippen LogP contribution < -0.4 is 5.32 Å². The van der Waals surface area contributed by atoms with Gasteiger partial charge in [-0.1, -0.05) is 47.5 Å². The van der Waals surface area contributed by atoms with Crippen LogP contribution >= 0.6 is 27.7 Å². The van der Waals surface area contributed by atoms with E-state index in [4.69, 9.17) is 0 Å². The number of carbonyl (C=O) groups excluding carboxylic acids is 1. The summed E-state index contributed by atoms with van der Waals surface area (Å²) in [6.07, 6.45) is 4.73. The van der Waals surface area contributed by atoms with E-state index in [0.717, 1.165) is 33.0 Å². The van der Waals surface area contributed by atoms with Crippen LogP contribution in [0.25, 0.3) is 22.1 Å². The molecule has 2 aromatic heterocycles. The van der Waals surface area contributed by atoms with Crippen molar-refractivity contribution in [2.45, 2.75) is 43.8 Å². The number of hydrogen-bond acceptors (Lipinski definition) is 5. The van der Waals surface area contributed by atoms with Crippen molar-refractivity contribution < 1.29 is 4.79 Å². The zero-order valence-corrected chi connectivity index (χ0v) is 17.8. The van der Waals surface area contributed by atoms with Gasteiger partial charge in [-0.15, -0.1) is 10.2 Å². The number of thioether (sulfide) groups is 1. The summed E-state index contributed by atoms with van der Waals surface area (Å²) in [5.41, 5.74) is 2.61. The number of halogens is 1. The summed E-state index contributed by atoms with van der Waals surface area (Å²) in [5.74, 6) is 0.909. The molecule has 1 amide bonds. The fraction of sp³-hybridized carbons (Fsp3) is 0.474. The average molecular weight is 448 g/mol. The molecule has 0 spiro atoms. The van der Waals surface area contributed by atoms with Crippen LogP contribution in [0.1, 0.15) is 32.6 Å². The zero-order valence-electron chi connectivity index (χ0n) is 15.4. The summed E-state index contributed by atoms with van der Waals surface area (Å²) >= 11 is 4.84. The number of amides is 1. The Morgan fingerprint density at radius 1 is 1.33 bits per heavy atom. The molecular weight excluding hydrogens is 426 g/mol. The van der Waals surface area contributed by atoms with Crippen molar-refractivity contribution in [1.82, 2.24) is 25.1 Å². The number of aromatic nitrogens is 4. The minimum absolute atomic E-state index is 0.0448. The van der Waals surface area contributed by atoms with Gasteiger partial charge in [-0.25, -0.2) is 4.98 Å². The van der Waals surface area contributed by atoms with Crippen LogP contribution in [0.4, 0.5) is 0 Å². The molecule has 0 saturated heterocycles. The monoisotopic (exact) mass is 447 g/mol. The Morgan fingerprint density at radius 2 is 2.15 bits per heavy atom. The lowest BCUT2D eigenvalue weighted by molar-refractivity contribution is -0.119. The predicted molar refractivity (Wildman–Crippen MR) is 112 cm³/mol. The number of hydrogen-bond donors (Lipinski definition) is 1. The maximum Gasteiger partial charge on any atom is 0.230 e. The van der Waals surface area contributed by atoms with Gasteiger partial charge < -0.3 is 9.88 Å². The number of rotatable bonds is 4. The molecule has 4 rings (SSSR count). The largest absolute Gasteiger partial charge is 0.352 e. The highest BCUT2D eigenvalue weighted by Crippen LogP contribution is 2.29. The molecule has 1 aliphatic carbocycles. The molecule has 0 bridgehead atoms. The highest BCUT2D eigenvalue weighted by atomic mass is 79.9. The van der Waals surface area contributed by atoms with Gasteiger partial charge in [0, 0.05) is 22.9 Å². The molecule has 0 unspecified atom stereocenters. The SMILES string of the molecule is C[C@H]1CCCC[C@@H]1NC(=O)CSc1nnc2c3cc(Br)ccc3n(C)c2n1. The Bertz CT molecular complexity index is 1000. The van der Waals surface area contributed by atoms with Gasteiger partial charge in [0.25, 0.3) is 0 Å². The number of benzene rings is 1. The third-order valence-corrected chi connectivity index (χ3v) is 6.66. The summed E-state index contributed by atoms with van der Waals surface area (Å²) < 4.78 is 3.01. The van der Waals surface area contributed by atoms with Crippen molar-refractivity contribution in [1.29, 1.82) is 0 Å². The van der Waals surface area contributed by atoms with Crippen molar-refractivity contribution in [3.63, 3.8) is 0 Å². The fourth-order valence-corrected chi connectivity index (χ4v) is 4.74. The third kappa shape index (κ3) is 3.82. The van der Waals surface area contributed by atoms with E-state index in [-0.39, 0.29) is 5.91 Å². The van der Waals surface area contributed by atoms with E-state index in [2.05, 4.69) is 43.4 Å². The molecule has 1 fully saturated rings. The normalized spacial score (nSPS) is 20.3. The van der Waals surface area contributed by atoms with Crippen LogP contribution in [0.2, 0.25) is 0 Å². The van der Waals surface area contributed by atoms with Gasteiger partial charge in [-0.05, 0) is 37.0 Å². The van der Waals surface area contributed by atoms with E-state index in [9.17, 15) is 4.79 Å². The van der Waals surface area contributed by atoms with Crippen LogP contribution in [-0.2, 0) is 11.8 Å². The lowest BCUT2D eigenvalue weighted by atomic mass is 9.86. The van der Waals surface area contributed by atoms with Crippen LogP contribution in [0.3, 0.4) is 0 Å². The van der Waals surface area contributed by atoms with Gasteiger partial charge in [0.1, 0.15) is 5.52 Å². The van der Waals surface area contributed by atoms with Crippen LogP contribution in [-0.4, -0.2) is 37.5 Å². The van der Waals surface area contributed by atoms with E-state index < -0.39 is 0 Å². The molecule has 1 N–H and O–H groups in total. The topological polar surface area (TPSA) is 72.7 Å². The summed E-state index contributed by atoms with van der Waals surface area (Å²) in [4.78, 5) is 17.0. The van der Waals surface area contributed by atoms with Crippen LogP contribution in [0.5, 0.6) is 0 Å². The fourth-order valence-electron chi connectivity index (χ4n) is 3.79. The summed E-state index contributed by atoms with van der Waals surface area (Å²) in [7, 11) is 1.97. The number of fused-ring (bicyclic) bond motifs is 3. The minimum atomic E-state index is 0.0448. The van der Waals surface area contributed by atoms with Gasteiger partial charge in [-0.2, -0.15) is 0 Å². The van der Waals surface area contributed by atoms with E-state index in [0.29, 0.717) is 22.9 Å². The molecule has 6 nitrogen and oxygen atoms in total. The molecule has 3 aromatic rings. The second-order valence-electron chi connectivity index (χ2n) is 7.21.